The number of fused-ring (bicyclic) bond motifs is 3. The van der Waals surface area contributed by atoms with Gasteiger partial charge in [-0.3, -0.25) is 0 Å². The topological polar surface area (TPSA) is 0 Å². The largest absolute Gasteiger partial charge is 0.135 e. The first-order valence-electron chi connectivity index (χ1n) is 4.51. The number of thiophene rings is 1. The van der Waals surface area contributed by atoms with E-state index >= 15 is 0 Å². The lowest BCUT2D eigenvalue weighted by molar-refractivity contribution is 1.75. The Hall–Kier alpha value is -0.130. The van der Waals surface area contributed by atoms with Crippen LogP contribution in [0.4, 0.5) is 0 Å². The van der Waals surface area contributed by atoms with Crippen molar-refractivity contribution in [3.05, 3.63) is 44.4 Å². The molecule has 3 rings (SSSR count). The highest BCUT2D eigenvalue weighted by molar-refractivity contribution is 14.1. The Balaban J connectivity index is 2.55. The van der Waals surface area contributed by atoms with E-state index in [4.69, 9.17) is 0 Å². The number of rotatable bonds is 0. The maximum Gasteiger partial charge on any atom is 0.0356 e. The summed E-state index contributed by atoms with van der Waals surface area (Å²) >= 11 is 7.74. The van der Waals surface area contributed by atoms with Gasteiger partial charge in [-0.1, -0.05) is 15.9 Å². The van der Waals surface area contributed by atoms with Crippen LogP contribution in [0.15, 0.2) is 40.9 Å². The van der Waals surface area contributed by atoms with Crippen molar-refractivity contribution in [2.75, 3.05) is 0 Å². The molecule has 0 fully saturated rings. The van der Waals surface area contributed by atoms with E-state index in [0.717, 1.165) is 4.47 Å². The standard InChI is InChI=1S/C12H6BrIS/c13-7-1-3-11-9(5-7)10-6-8(14)2-4-12(10)15-11/h1-6H. The van der Waals surface area contributed by atoms with Gasteiger partial charge in [-0.05, 0) is 59.0 Å². The second kappa shape index (κ2) is 3.71. The Bertz CT molecular complexity index is 601. The molecular formula is C12H6BrIS. The Labute approximate surface area is 114 Å². The Morgan fingerprint density at radius 1 is 0.933 bits per heavy atom. The Morgan fingerprint density at radius 3 is 2.40 bits per heavy atom. The molecule has 0 aliphatic rings. The second-order valence-electron chi connectivity index (χ2n) is 3.38. The number of benzene rings is 2. The highest BCUT2D eigenvalue weighted by Crippen LogP contribution is 2.35. The van der Waals surface area contributed by atoms with Crippen LogP contribution < -0.4 is 0 Å². The number of halogens is 2. The summed E-state index contributed by atoms with van der Waals surface area (Å²) < 4.78 is 5.16. The fourth-order valence-electron chi connectivity index (χ4n) is 1.72. The van der Waals surface area contributed by atoms with Crippen LogP contribution in [0.1, 0.15) is 0 Å². The van der Waals surface area contributed by atoms with Crippen LogP contribution in [0, 0.1) is 3.57 Å². The molecule has 0 N–H and O–H groups in total. The van der Waals surface area contributed by atoms with Gasteiger partial charge in [-0.15, -0.1) is 11.3 Å². The van der Waals surface area contributed by atoms with Crippen LogP contribution in [-0.2, 0) is 0 Å². The zero-order valence-electron chi connectivity index (χ0n) is 7.63. The van der Waals surface area contributed by atoms with E-state index in [0.29, 0.717) is 0 Å². The van der Waals surface area contributed by atoms with Crippen LogP contribution in [0.2, 0.25) is 0 Å². The average molecular weight is 389 g/mol. The van der Waals surface area contributed by atoms with Crippen molar-refractivity contribution in [3.8, 4) is 0 Å². The third-order valence-corrected chi connectivity index (χ3v) is 4.71. The van der Waals surface area contributed by atoms with Crippen LogP contribution in [-0.4, -0.2) is 0 Å². The Kier molecular flexibility index (Phi) is 2.49. The number of hydrogen-bond donors (Lipinski definition) is 0. The van der Waals surface area contributed by atoms with Gasteiger partial charge in [0.25, 0.3) is 0 Å². The van der Waals surface area contributed by atoms with Crippen LogP contribution >= 0.6 is 49.9 Å². The maximum atomic E-state index is 3.52. The molecule has 0 radical (unpaired) electrons. The highest BCUT2D eigenvalue weighted by Gasteiger charge is 2.05. The molecule has 0 saturated heterocycles. The minimum atomic E-state index is 1.15. The summed E-state index contributed by atoms with van der Waals surface area (Å²) in [6.45, 7) is 0. The first kappa shape index (κ1) is 10.1. The molecule has 15 heavy (non-hydrogen) atoms. The van der Waals surface area contributed by atoms with Crippen molar-refractivity contribution in [3.63, 3.8) is 0 Å². The molecule has 2 aromatic carbocycles. The smallest absolute Gasteiger partial charge is 0.0356 e. The zero-order valence-corrected chi connectivity index (χ0v) is 12.2. The predicted octanol–water partition coefficient (Wildman–Crippen LogP) is 5.42. The average Bonchev–Trinajstić information content (AvgIpc) is 2.56. The van der Waals surface area contributed by atoms with E-state index in [1.165, 1.54) is 23.7 Å². The zero-order chi connectivity index (χ0) is 10.4. The molecule has 0 aliphatic carbocycles. The molecule has 0 bridgehead atoms. The molecule has 0 amide bonds. The lowest BCUT2D eigenvalue weighted by Gasteiger charge is -1.93. The summed E-state index contributed by atoms with van der Waals surface area (Å²) in [5.41, 5.74) is 0. The normalized spacial score (nSPS) is 11.3. The molecule has 0 saturated carbocycles. The monoisotopic (exact) mass is 388 g/mol. The second-order valence-corrected chi connectivity index (χ2v) is 6.63. The van der Waals surface area contributed by atoms with Crippen molar-refractivity contribution in [1.82, 2.24) is 0 Å². The van der Waals surface area contributed by atoms with E-state index < -0.39 is 0 Å². The lowest BCUT2D eigenvalue weighted by atomic mass is 10.2. The summed E-state index contributed by atoms with van der Waals surface area (Å²) in [6, 6.07) is 13.1. The summed E-state index contributed by atoms with van der Waals surface area (Å²) in [5, 5.41) is 2.71. The van der Waals surface area contributed by atoms with Crippen molar-refractivity contribution in [2.45, 2.75) is 0 Å². The third kappa shape index (κ3) is 1.70. The van der Waals surface area contributed by atoms with E-state index in [2.05, 4.69) is 74.9 Å². The Morgan fingerprint density at radius 2 is 1.60 bits per heavy atom. The predicted molar refractivity (Wildman–Crippen MR) is 79.7 cm³/mol. The fraction of sp³-hybridized carbons (Fsp3) is 0. The van der Waals surface area contributed by atoms with Crippen LogP contribution in [0.3, 0.4) is 0 Å². The minimum Gasteiger partial charge on any atom is -0.135 e. The van der Waals surface area contributed by atoms with Gasteiger partial charge in [0.15, 0.2) is 0 Å². The van der Waals surface area contributed by atoms with E-state index in [1.54, 1.807) is 0 Å². The molecule has 1 aromatic heterocycles. The van der Waals surface area contributed by atoms with E-state index in [1.807, 2.05) is 11.3 Å². The summed E-state index contributed by atoms with van der Waals surface area (Å²) in [7, 11) is 0. The molecule has 0 aliphatic heterocycles. The van der Waals surface area contributed by atoms with Crippen molar-refractivity contribution in [1.29, 1.82) is 0 Å². The number of hydrogen-bond acceptors (Lipinski definition) is 1. The van der Waals surface area contributed by atoms with Gasteiger partial charge < -0.3 is 0 Å². The quantitative estimate of drug-likeness (QED) is 0.451. The summed E-state index contributed by atoms with van der Waals surface area (Å²) in [4.78, 5) is 0. The molecule has 0 spiro atoms. The summed E-state index contributed by atoms with van der Waals surface area (Å²) in [6.07, 6.45) is 0. The SMILES string of the molecule is Brc1ccc2sc3ccc(I)cc3c2c1. The van der Waals surface area contributed by atoms with Gasteiger partial charge >= 0.3 is 0 Å². The molecule has 0 atom stereocenters. The summed E-state index contributed by atoms with van der Waals surface area (Å²) in [5.74, 6) is 0. The van der Waals surface area contributed by atoms with Gasteiger partial charge in [-0.25, -0.2) is 0 Å². The van der Waals surface area contributed by atoms with Gasteiger partial charge in [-0.2, -0.15) is 0 Å². The van der Waals surface area contributed by atoms with E-state index in [9.17, 15) is 0 Å². The molecule has 1 heterocycles. The maximum absolute atomic E-state index is 3.52. The molecule has 3 aromatic rings. The fourth-order valence-corrected chi connectivity index (χ4v) is 3.64. The van der Waals surface area contributed by atoms with Crippen molar-refractivity contribution in [2.24, 2.45) is 0 Å². The van der Waals surface area contributed by atoms with Gasteiger partial charge in [0.2, 0.25) is 0 Å². The first-order chi connectivity index (χ1) is 7.24. The van der Waals surface area contributed by atoms with Crippen LogP contribution in [0.5, 0.6) is 0 Å². The third-order valence-electron chi connectivity index (χ3n) is 2.39. The molecule has 74 valence electrons. The van der Waals surface area contributed by atoms with Gasteiger partial charge in [0.1, 0.15) is 0 Å². The first-order valence-corrected chi connectivity index (χ1v) is 7.20. The lowest BCUT2D eigenvalue weighted by Crippen LogP contribution is -1.70. The van der Waals surface area contributed by atoms with Crippen molar-refractivity contribution < 1.29 is 0 Å². The van der Waals surface area contributed by atoms with Gasteiger partial charge in [0.05, 0.1) is 0 Å². The van der Waals surface area contributed by atoms with Crippen LogP contribution in [0.25, 0.3) is 20.2 Å². The molecule has 3 heteroatoms. The molecule has 0 unspecified atom stereocenters. The van der Waals surface area contributed by atoms with Crippen molar-refractivity contribution >= 4 is 70.0 Å². The highest BCUT2D eigenvalue weighted by atomic mass is 127. The minimum absolute atomic E-state index is 1.15. The van der Waals surface area contributed by atoms with Gasteiger partial charge in [0, 0.05) is 28.2 Å². The molecular weight excluding hydrogens is 383 g/mol. The molecule has 0 nitrogen and oxygen atoms in total. The van der Waals surface area contributed by atoms with E-state index in [-0.39, 0.29) is 0 Å².